The van der Waals surface area contributed by atoms with E-state index in [1.165, 1.54) is 5.56 Å². The smallest absolute Gasteiger partial charge is 0.257 e. The Morgan fingerprint density at radius 3 is 2.38 bits per heavy atom. The molecule has 4 nitrogen and oxygen atoms in total. The normalized spacial score (nSPS) is 10.1. The fourth-order valence-corrected chi connectivity index (χ4v) is 1.74. The lowest BCUT2D eigenvalue weighted by molar-refractivity contribution is -0.123. The van der Waals surface area contributed by atoms with Crippen molar-refractivity contribution in [2.24, 2.45) is 0 Å². The molecule has 1 aromatic carbocycles. The largest absolute Gasteiger partial charge is 0.484 e. The van der Waals surface area contributed by atoms with Gasteiger partial charge in [0, 0.05) is 13.1 Å². The molecular weight excluding hydrogens is 288 g/mol. The van der Waals surface area contributed by atoms with Gasteiger partial charge in [0.15, 0.2) is 6.61 Å². The van der Waals surface area contributed by atoms with E-state index in [1.54, 1.807) is 0 Å². The first-order valence-electron chi connectivity index (χ1n) is 7.33. The molecule has 21 heavy (non-hydrogen) atoms. The minimum absolute atomic E-state index is 0. The molecule has 0 aliphatic heterocycles. The Hall–Kier alpha value is -1.26. The second kappa shape index (κ2) is 11.4. The van der Waals surface area contributed by atoms with Crippen molar-refractivity contribution < 1.29 is 9.53 Å². The number of amides is 1. The molecule has 2 N–H and O–H groups in total. The highest BCUT2D eigenvalue weighted by molar-refractivity contribution is 5.85. The molecule has 120 valence electrons. The number of benzene rings is 1. The molecule has 0 spiro atoms. The zero-order chi connectivity index (χ0) is 14.8. The van der Waals surface area contributed by atoms with Gasteiger partial charge in [-0.25, -0.2) is 0 Å². The monoisotopic (exact) mass is 314 g/mol. The standard InChI is InChI=1S/C16H26N2O2.ClH/c1-4-9-17-10-11-18-16(19)12-20-15-7-5-14(6-8-15)13(2)3;/h5-8,13,17H,4,9-12H2,1-3H3,(H,18,19);1H. The molecule has 5 heteroatoms. The maximum atomic E-state index is 11.6. The molecule has 0 saturated heterocycles. The second-order valence-corrected chi connectivity index (χ2v) is 5.11. The van der Waals surface area contributed by atoms with E-state index in [0.717, 1.165) is 25.3 Å². The number of rotatable bonds is 9. The predicted molar refractivity (Wildman–Crippen MR) is 89.4 cm³/mol. The summed E-state index contributed by atoms with van der Waals surface area (Å²) >= 11 is 0. The SMILES string of the molecule is CCCNCCNC(=O)COc1ccc(C(C)C)cc1.Cl. The Labute approximate surface area is 134 Å². The van der Waals surface area contributed by atoms with Gasteiger partial charge in [0.2, 0.25) is 0 Å². The van der Waals surface area contributed by atoms with Crippen LogP contribution in [-0.4, -0.2) is 32.1 Å². The van der Waals surface area contributed by atoms with Gasteiger partial charge in [-0.3, -0.25) is 4.79 Å². The Balaban J connectivity index is 0.00000400. The van der Waals surface area contributed by atoms with Crippen LogP contribution in [0.3, 0.4) is 0 Å². The summed E-state index contributed by atoms with van der Waals surface area (Å²) in [6.07, 6.45) is 1.10. The Morgan fingerprint density at radius 2 is 1.81 bits per heavy atom. The van der Waals surface area contributed by atoms with E-state index in [0.29, 0.717) is 12.5 Å². The molecule has 0 radical (unpaired) electrons. The average Bonchev–Trinajstić information content (AvgIpc) is 2.45. The third kappa shape index (κ3) is 8.58. The van der Waals surface area contributed by atoms with E-state index >= 15 is 0 Å². The first-order valence-corrected chi connectivity index (χ1v) is 7.33. The molecular formula is C16H27ClN2O2. The van der Waals surface area contributed by atoms with Crippen LogP contribution in [0.4, 0.5) is 0 Å². The molecule has 0 unspecified atom stereocenters. The summed E-state index contributed by atoms with van der Waals surface area (Å²) in [4.78, 5) is 11.6. The van der Waals surface area contributed by atoms with Crippen LogP contribution in [0.15, 0.2) is 24.3 Å². The molecule has 0 heterocycles. The number of nitrogens with one attached hydrogen (secondary N) is 2. The predicted octanol–water partition coefficient (Wildman–Crippen LogP) is 2.73. The fraction of sp³-hybridized carbons (Fsp3) is 0.562. The topological polar surface area (TPSA) is 50.4 Å². The number of carbonyl (C=O) groups is 1. The highest BCUT2D eigenvalue weighted by Crippen LogP contribution is 2.18. The van der Waals surface area contributed by atoms with Gasteiger partial charge < -0.3 is 15.4 Å². The summed E-state index contributed by atoms with van der Waals surface area (Å²) in [7, 11) is 0. The van der Waals surface area contributed by atoms with Gasteiger partial charge in [-0.05, 0) is 36.6 Å². The molecule has 1 aromatic rings. The first kappa shape index (κ1) is 19.7. The second-order valence-electron chi connectivity index (χ2n) is 5.11. The van der Waals surface area contributed by atoms with Crippen LogP contribution >= 0.6 is 12.4 Å². The lowest BCUT2D eigenvalue weighted by Gasteiger charge is -2.09. The van der Waals surface area contributed by atoms with Crippen molar-refractivity contribution in [3.8, 4) is 5.75 Å². The van der Waals surface area contributed by atoms with Gasteiger partial charge in [0.25, 0.3) is 5.91 Å². The molecule has 1 rings (SSSR count). The average molecular weight is 315 g/mol. The Morgan fingerprint density at radius 1 is 1.14 bits per heavy atom. The van der Waals surface area contributed by atoms with Crippen LogP contribution in [0, 0.1) is 0 Å². The maximum absolute atomic E-state index is 11.6. The van der Waals surface area contributed by atoms with Crippen molar-refractivity contribution in [2.45, 2.75) is 33.1 Å². The quantitative estimate of drug-likeness (QED) is 0.689. The van der Waals surface area contributed by atoms with Gasteiger partial charge in [-0.1, -0.05) is 32.9 Å². The van der Waals surface area contributed by atoms with E-state index in [9.17, 15) is 4.79 Å². The summed E-state index contributed by atoms with van der Waals surface area (Å²) in [5.74, 6) is 1.15. The molecule has 1 amide bonds. The zero-order valence-electron chi connectivity index (χ0n) is 13.1. The lowest BCUT2D eigenvalue weighted by atomic mass is 10.0. The van der Waals surface area contributed by atoms with Crippen molar-refractivity contribution in [1.82, 2.24) is 10.6 Å². The summed E-state index contributed by atoms with van der Waals surface area (Å²) in [6, 6.07) is 7.88. The molecule has 0 fully saturated rings. The van der Waals surface area contributed by atoms with E-state index in [2.05, 4.69) is 31.4 Å². The van der Waals surface area contributed by atoms with Gasteiger partial charge >= 0.3 is 0 Å². The molecule has 0 aromatic heterocycles. The third-order valence-electron chi connectivity index (χ3n) is 2.97. The third-order valence-corrected chi connectivity index (χ3v) is 2.97. The van der Waals surface area contributed by atoms with Gasteiger partial charge in [-0.2, -0.15) is 0 Å². The minimum atomic E-state index is -0.0868. The fourth-order valence-electron chi connectivity index (χ4n) is 1.74. The molecule has 0 saturated carbocycles. The lowest BCUT2D eigenvalue weighted by Crippen LogP contribution is -2.35. The number of ether oxygens (including phenoxy) is 1. The van der Waals surface area contributed by atoms with Crippen LogP contribution < -0.4 is 15.4 Å². The van der Waals surface area contributed by atoms with Crippen molar-refractivity contribution >= 4 is 18.3 Å². The van der Waals surface area contributed by atoms with Crippen LogP contribution in [-0.2, 0) is 4.79 Å². The van der Waals surface area contributed by atoms with Crippen molar-refractivity contribution in [1.29, 1.82) is 0 Å². The Kier molecular flexibility index (Phi) is 10.7. The number of hydrogen-bond donors (Lipinski definition) is 2. The van der Waals surface area contributed by atoms with E-state index in [4.69, 9.17) is 4.74 Å². The van der Waals surface area contributed by atoms with Crippen molar-refractivity contribution in [3.63, 3.8) is 0 Å². The summed E-state index contributed by atoms with van der Waals surface area (Å²) < 4.78 is 5.45. The van der Waals surface area contributed by atoms with E-state index < -0.39 is 0 Å². The number of halogens is 1. The van der Waals surface area contributed by atoms with Crippen molar-refractivity contribution in [3.05, 3.63) is 29.8 Å². The van der Waals surface area contributed by atoms with E-state index in [1.807, 2.05) is 24.3 Å². The highest BCUT2D eigenvalue weighted by atomic mass is 35.5. The summed E-state index contributed by atoms with van der Waals surface area (Å²) in [6.45, 7) is 8.89. The van der Waals surface area contributed by atoms with Gasteiger partial charge in [0.05, 0.1) is 0 Å². The van der Waals surface area contributed by atoms with Crippen molar-refractivity contribution in [2.75, 3.05) is 26.2 Å². The van der Waals surface area contributed by atoms with E-state index in [-0.39, 0.29) is 24.9 Å². The van der Waals surface area contributed by atoms with Crippen LogP contribution in [0.2, 0.25) is 0 Å². The maximum Gasteiger partial charge on any atom is 0.257 e. The van der Waals surface area contributed by atoms with Gasteiger partial charge in [-0.15, -0.1) is 12.4 Å². The van der Waals surface area contributed by atoms with Gasteiger partial charge in [0.1, 0.15) is 5.75 Å². The molecule has 0 bridgehead atoms. The highest BCUT2D eigenvalue weighted by Gasteiger charge is 2.03. The zero-order valence-corrected chi connectivity index (χ0v) is 14.0. The first-order chi connectivity index (χ1) is 9.63. The van der Waals surface area contributed by atoms with Crippen LogP contribution in [0.25, 0.3) is 0 Å². The Bertz CT molecular complexity index is 394. The molecule has 0 aliphatic carbocycles. The summed E-state index contributed by atoms with van der Waals surface area (Å²) in [5.41, 5.74) is 1.27. The van der Waals surface area contributed by atoms with Crippen LogP contribution in [0.5, 0.6) is 5.75 Å². The summed E-state index contributed by atoms with van der Waals surface area (Å²) in [5, 5.41) is 6.04. The number of hydrogen-bond acceptors (Lipinski definition) is 3. The molecule has 0 atom stereocenters. The minimum Gasteiger partial charge on any atom is -0.484 e. The van der Waals surface area contributed by atoms with Crippen LogP contribution in [0.1, 0.15) is 38.7 Å². The molecule has 0 aliphatic rings. The number of carbonyl (C=O) groups excluding carboxylic acids is 1.